The number of nitrogens with zero attached hydrogens (tertiary/aromatic N) is 1. The van der Waals surface area contributed by atoms with Gasteiger partial charge < -0.3 is 15.8 Å². The minimum Gasteiger partial charge on any atom is -0.494 e. The van der Waals surface area contributed by atoms with E-state index in [4.69, 9.17) is 10.5 Å². The van der Waals surface area contributed by atoms with Crippen molar-refractivity contribution in [3.63, 3.8) is 0 Å². The number of ether oxygens (including phenoxy) is 1. The van der Waals surface area contributed by atoms with E-state index >= 15 is 0 Å². The topological polar surface area (TPSA) is 77.2 Å². The minimum absolute atomic E-state index is 0.168. The van der Waals surface area contributed by atoms with E-state index in [1.807, 2.05) is 6.92 Å². The second kappa shape index (κ2) is 6.45. The molecule has 1 aromatic carbocycles. The molecule has 3 N–H and O–H groups in total. The standard InChI is InChI=1S/C17H16FN3O2S/c1-9-6-20-8-13-14(9)15(19)16(24-13)17(22)21-7-10-3-4-12(23-2)11(18)5-10/h3-6,8H,7,19H2,1-2H3,(H,21,22). The smallest absolute Gasteiger partial charge is 0.263 e. The van der Waals surface area contributed by atoms with Gasteiger partial charge in [0.1, 0.15) is 4.88 Å². The number of nitrogen functional groups attached to an aromatic ring is 1. The van der Waals surface area contributed by atoms with Crippen LogP contribution in [0, 0.1) is 12.7 Å². The Hall–Kier alpha value is -2.67. The average Bonchev–Trinajstić information content (AvgIpc) is 2.91. The number of aromatic nitrogens is 1. The average molecular weight is 345 g/mol. The van der Waals surface area contributed by atoms with Crippen LogP contribution < -0.4 is 15.8 Å². The van der Waals surface area contributed by atoms with E-state index in [1.165, 1.54) is 30.6 Å². The Morgan fingerprint density at radius 2 is 2.21 bits per heavy atom. The van der Waals surface area contributed by atoms with Crippen molar-refractivity contribution >= 4 is 33.0 Å². The molecule has 0 aliphatic carbocycles. The first-order valence-corrected chi connectivity index (χ1v) is 8.06. The van der Waals surface area contributed by atoms with Crippen molar-refractivity contribution < 1.29 is 13.9 Å². The lowest BCUT2D eigenvalue weighted by Gasteiger charge is -2.07. The summed E-state index contributed by atoms with van der Waals surface area (Å²) in [6, 6.07) is 4.56. The maximum absolute atomic E-state index is 13.7. The fraction of sp³-hybridized carbons (Fsp3) is 0.176. The molecule has 7 heteroatoms. The van der Waals surface area contributed by atoms with Crippen LogP contribution in [0.25, 0.3) is 10.1 Å². The van der Waals surface area contributed by atoms with Gasteiger partial charge in [-0.05, 0) is 30.2 Å². The molecule has 0 fully saturated rings. The Balaban J connectivity index is 1.79. The molecule has 124 valence electrons. The molecule has 2 aromatic heterocycles. The highest BCUT2D eigenvalue weighted by molar-refractivity contribution is 7.21. The number of pyridine rings is 1. The molecule has 1 amide bonds. The lowest BCUT2D eigenvalue weighted by molar-refractivity contribution is 0.0956. The predicted octanol–water partition coefficient (Wildman–Crippen LogP) is 3.26. The summed E-state index contributed by atoms with van der Waals surface area (Å²) in [6.45, 7) is 2.10. The molecule has 0 unspecified atom stereocenters. The van der Waals surface area contributed by atoms with E-state index in [0.717, 1.165) is 15.6 Å². The van der Waals surface area contributed by atoms with Gasteiger partial charge in [-0.15, -0.1) is 11.3 Å². The number of carbonyl (C=O) groups is 1. The third-order valence-electron chi connectivity index (χ3n) is 3.70. The van der Waals surface area contributed by atoms with Crippen LogP contribution in [0.2, 0.25) is 0 Å². The number of hydrogen-bond donors (Lipinski definition) is 2. The number of nitrogens with one attached hydrogen (secondary N) is 1. The summed E-state index contributed by atoms with van der Waals surface area (Å²) in [4.78, 5) is 17.0. The summed E-state index contributed by atoms with van der Waals surface area (Å²) in [5.41, 5.74) is 8.14. The Morgan fingerprint density at radius 3 is 2.88 bits per heavy atom. The van der Waals surface area contributed by atoms with Crippen molar-refractivity contribution in [2.45, 2.75) is 13.5 Å². The number of aryl methyl sites for hydroxylation is 1. The number of anilines is 1. The minimum atomic E-state index is -0.465. The number of benzene rings is 1. The first-order chi connectivity index (χ1) is 11.5. The summed E-state index contributed by atoms with van der Waals surface area (Å²) in [5.74, 6) is -0.585. The van der Waals surface area contributed by atoms with E-state index in [-0.39, 0.29) is 18.2 Å². The van der Waals surface area contributed by atoms with Crippen LogP contribution >= 0.6 is 11.3 Å². The van der Waals surface area contributed by atoms with Gasteiger partial charge in [0.25, 0.3) is 5.91 Å². The molecule has 0 bridgehead atoms. The molecular formula is C17H16FN3O2S. The zero-order valence-corrected chi connectivity index (χ0v) is 14.0. The maximum Gasteiger partial charge on any atom is 0.263 e. The van der Waals surface area contributed by atoms with Crippen LogP contribution in [0.15, 0.2) is 30.6 Å². The van der Waals surface area contributed by atoms with E-state index in [9.17, 15) is 9.18 Å². The highest BCUT2D eigenvalue weighted by Crippen LogP contribution is 2.35. The molecule has 3 rings (SSSR count). The van der Waals surface area contributed by atoms with Crippen molar-refractivity contribution in [1.29, 1.82) is 0 Å². The van der Waals surface area contributed by atoms with Crippen LogP contribution in [0.3, 0.4) is 0 Å². The number of methoxy groups -OCH3 is 1. The number of hydrogen-bond acceptors (Lipinski definition) is 5. The number of halogens is 1. The van der Waals surface area contributed by atoms with E-state index < -0.39 is 5.82 Å². The van der Waals surface area contributed by atoms with E-state index in [0.29, 0.717) is 16.1 Å². The van der Waals surface area contributed by atoms with Crippen molar-refractivity contribution in [2.24, 2.45) is 0 Å². The number of carbonyl (C=O) groups excluding carboxylic acids is 1. The molecule has 0 aliphatic heterocycles. The molecular weight excluding hydrogens is 329 g/mol. The van der Waals surface area contributed by atoms with Crippen LogP contribution in [-0.4, -0.2) is 18.0 Å². The van der Waals surface area contributed by atoms with Gasteiger partial charge in [-0.3, -0.25) is 9.78 Å². The van der Waals surface area contributed by atoms with Gasteiger partial charge in [-0.2, -0.15) is 0 Å². The number of amides is 1. The fourth-order valence-corrected chi connectivity index (χ4v) is 3.58. The van der Waals surface area contributed by atoms with Crippen molar-refractivity contribution in [3.8, 4) is 5.75 Å². The van der Waals surface area contributed by atoms with Crippen LogP contribution in [0.1, 0.15) is 20.8 Å². The predicted molar refractivity (Wildman–Crippen MR) is 92.9 cm³/mol. The molecule has 0 saturated carbocycles. The van der Waals surface area contributed by atoms with E-state index in [1.54, 1.807) is 18.5 Å². The molecule has 2 heterocycles. The third-order valence-corrected chi connectivity index (χ3v) is 4.84. The van der Waals surface area contributed by atoms with Gasteiger partial charge >= 0.3 is 0 Å². The molecule has 0 spiro atoms. The first kappa shape index (κ1) is 16.2. The quantitative estimate of drug-likeness (QED) is 0.761. The highest BCUT2D eigenvalue weighted by Gasteiger charge is 2.17. The summed E-state index contributed by atoms with van der Waals surface area (Å²) in [6.07, 6.45) is 3.41. The number of fused-ring (bicyclic) bond motifs is 1. The normalized spacial score (nSPS) is 10.8. The number of thiophene rings is 1. The molecule has 0 aliphatic rings. The van der Waals surface area contributed by atoms with Gasteiger partial charge in [-0.1, -0.05) is 6.07 Å². The van der Waals surface area contributed by atoms with Crippen molar-refractivity contribution in [3.05, 3.63) is 52.4 Å². The molecule has 0 radical (unpaired) electrons. The van der Waals surface area contributed by atoms with Gasteiger partial charge in [0.15, 0.2) is 11.6 Å². The molecule has 5 nitrogen and oxygen atoms in total. The SMILES string of the molecule is COc1ccc(CNC(=O)c2sc3cncc(C)c3c2N)cc1F. The van der Waals surface area contributed by atoms with Gasteiger partial charge in [0.2, 0.25) is 0 Å². The van der Waals surface area contributed by atoms with Crippen LogP contribution in [-0.2, 0) is 6.54 Å². The Kier molecular flexibility index (Phi) is 4.35. The molecule has 3 aromatic rings. The zero-order chi connectivity index (χ0) is 17.3. The molecule has 0 saturated heterocycles. The Morgan fingerprint density at radius 1 is 1.42 bits per heavy atom. The van der Waals surface area contributed by atoms with Gasteiger partial charge in [-0.25, -0.2) is 4.39 Å². The van der Waals surface area contributed by atoms with Crippen molar-refractivity contribution in [2.75, 3.05) is 12.8 Å². The summed E-state index contributed by atoms with van der Waals surface area (Å²) in [7, 11) is 1.40. The van der Waals surface area contributed by atoms with Crippen LogP contribution in [0.5, 0.6) is 5.75 Å². The summed E-state index contributed by atoms with van der Waals surface area (Å²) in [5, 5.41) is 3.62. The third kappa shape index (κ3) is 2.90. The zero-order valence-electron chi connectivity index (χ0n) is 13.2. The first-order valence-electron chi connectivity index (χ1n) is 7.24. The molecule has 24 heavy (non-hydrogen) atoms. The van der Waals surface area contributed by atoms with Gasteiger partial charge in [0.05, 0.1) is 17.5 Å². The van der Waals surface area contributed by atoms with E-state index in [2.05, 4.69) is 10.3 Å². The second-order valence-electron chi connectivity index (χ2n) is 5.33. The summed E-state index contributed by atoms with van der Waals surface area (Å²) >= 11 is 1.30. The van der Waals surface area contributed by atoms with Crippen LogP contribution in [0.4, 0.5) is 10.1 Å². The lowest BCUT2D eigenvalue weighted by atomic mass is 10.1. The number of rotatable bonds is 4. The largest absolute Gasteiger partial charge is 0.494 e. The van der Waals surface area contributed by atoms with Gasteiger partial charge in [0, 0.05) is 24.3 Å². The lowest BCUT2D eigenvalue weighted by Crippen LogP contribution is -2.22. The Bertz CT molecular complexity index is 924. The van der Waals surface area contributed by atoms with Crippen molar-refractivity contribution in [1.82, 2.24) is 10.3 Å². The monoisotopic (exact) mass is 345 g/mol. The molecule has 0 atom stereocenters. The summed E-state index contributed by atoms with van der Waals surface area (Å²) < 4.78 is 19.4. The Labute approximate surface area is 142 Å². The second-order valence-corrected chi connectivity index (χ2v) is 6.38. The maximum atomic E-state index is 13.7. The highest BCUT2D eigenvalue weighted by atomic mass is 32.1. The number of nitrogens with two attached hydrogens (primary N) is 1. The fourth-order valence-electron chi connectivity index (χ4n) is 2.49.